The summed E-state index contributed by atoms with van der Waals surface area (Å²) < 4.78 is 4.76. The van der Waals surface area contributed by atoms with Crippen molar-refractivity contribution in [3.63, 3.8) is 0 Å². The zero-order chi connectivity index (χ0) is 16.2. The van der Waals surface area contributed by atoms with E-state index in [0.29, 0.717) is 25.9 Å². The molecule has 0 radical (unpaired) electrons. The first-order valence-corrected chi connectivity index (χ1v) is 7.85. The van der Waals surface area contributed by atoms with Gasteiger partial charge in [-0.2, -0.15) is 0 Å². The quantitative estimate of drug-likeness (QED) is 0.786. The third kappa shape index (κ3) is 3.87. The molecule has 1 aromatic rings. The number of likely N-dealkylation sites (tertiary alicyclic amines) is 1. The van der Waals surface area contributed by atoms with E-state index in [4.69, 9.17) is 4.74 Å². The first-order chi connectivity index (χ1) is 10.4. The molecule has 22 heavy (non-hydrogen) atoms. The van der Waals surface area contributed by atoms with Crippen molar-refractivity contribution in [1.82, 2.24) is 4.90 Å². The molecule has 4 heteroatoms. The summed E-state index contributed by atoms with van der Waals surface area (Å²) in [4.78, 5) is 25.7. The second-order valence-electron chi connectivity index (χ2n) is 6.60. The molecule has 0 aromatic heterocycles. The minimum atomic E-state index is -0.208. The van der Waals surface area contributed by atoms with Crippen molar-refractivity contribution in [3.05, 3.63) is 35.9 Å². The van der Waals surface area contributed by atoms with Crippen molar-refractivity contribution < 1.29 is 14.3 Å². The van der Waals surface area contributed by atoms with Gasteiger partial charge in [-0.25, -0.2) is 0 Å². The normalized spacial score (nSPS) is 18.3. The molecule has 0 spiro atoms. The van der Waals surface area contributed by atoms with Gasteiger partial charge in [-0.15, -0.1) is 0 Å². The van der Waals surface area contributed by atoms with Crippen molar-refractivity contribution in [3.8, 4) is 0 Å². The lowest BCUT2D eigenvalue weighted by Gasteiger charge is -2.26. The molecule has 4 nitrogen and oxygen atoms in total. The van der Waals surface area contributed by atoms with E-state index >= 15 is 0 Å². The van der Waals surface area contributed by atoms with Gasteiger partial charge in [0.25, 0.3) is 0 Å². The Morgan fingerprint density at radius 1 is 1.27 bits per heavy atom. The van der Waals surface area contributed by atoms with Gasteiger partial charge in [-0.05, 0) is 23.8 Å². The van der Waals surface area contributed by atoms with Crippen molar-refractivity contribution in [2.75, 3.05) is 20.2 Å². The number of hydrogen-bond acceptors (Lipinski definition) is 3. The van der Waals surface area contributed by atoms with Gasteiger partial charge < -0.3 is 9.64 Å². The minimum Gasteiger partial charge on any atom is -0.469 e. The smallest absolute Gasteiger partial charge is 0.310 e. The van der Waals surface area contributed by atoms with Crippen LogP contribution in [0.3, 0.4) is 0 Å². The number of ether oxygens (including phenoxy) is 1. The molecular weight excluding hydrogens is 278 g/mol. The summed E-state index contributed by atoms with van der Waals surface area (Å²) in [6, 6.07) is 10.3. The molecule has 0 saturated carbocycles. The lowest BCUT2D eigenvalue weighted by Crippen LogP contribution is -2.31. The van der Waals surface area contributed by atoms with Gasteiger partial charge in [-0.3, -0.25) is 9.59 Å². The summed E-state index contributed by atoms with van der Waals surface area (Å²) in [5.74, 6) is -0.230. The molecule has 1 heterocycles. The predicted octanol–water partition coefficient (Wildman–Crippen LogP) is 2.77. The van der Waals surface area contributed by atoms with Crippen molar-refractivity contribution in [2.24, 2.45) is 5.92 Å². The van der Waals surface area contributed by atoms with Gasteiger partial charge in [0.1, 0.15) is 0 Å². The van der Waals surface area contributed by atoms with Crippen molar-refractivity contribution in [2.45, 2.75) is 38.5 Å². The zero-order valence-electron chi connectivity index (χ0n) is 13.7. The molecule has 1 saturated heterocycles. The monoisotopic (exact) mass is 303 g/mol. The van der Waals surface area contributed by atoms with E-state index in [9.17, 15) is 9.59 Å². The summed E-state index contributed by atoms with van der Waals surface area (Å²) in [5, 5.41) is 0. The van der Waals surface area contributed by atoms with Gasteiger partial charge in [0, 0.05) is 19.5 Å². The Balaban J connectivity index is 1.87. The summed E-state index contributed by atoms with van der Waals surface area (Å²) in [7, 11) is 1.40. The molecule has 1 atom stereocenters. The minimum absolute atomic E-state index is 0.0294. The molecule has 1 aliphatic rings. The molecule has 1 fully saturated rings. The van der Waals surface area contributed by atoms with Gasteiger partial charge >= 0.3 is 5.97 Å². The highest BCUT2D eigenvalue weighted by molar-refractivity contribution is 5.79. The Hall–Kier alpha value is -1.84. The van der Waals surface area contributed by atoms with E-state index in [1.165, 1.54) is 12.7 Å². The van der Waals surface area contributed by atoms with Crippen LogP contribution in [0.4, 0.5) is 0 Å². The first-order valence-electron chi connectivity index (χ1n) is 7.85. The molecular formula is C18H25NO3. The lowest BCUT2D eigenvalue weighted by molar-refractivity contribution is -0.145. The SMILES string of the molecule is COC(=O)C1CCN(C(=O)CCC(C)(C)c2ccccc2)C1. The van der Waals surface area contributed by atoms with Gasteiger partial charge in [0.2, 0.25) is 5.91 Å². The topological polar surface area (TPSA) is 46.6 Å². The maximum Gasteiger partial charge on any atom is 0.310 e. The second kappa shape index (κ2) is 6.95. The Morgan fingerprint density at radius 2 is 1.95 bits per heavy atom. The largest absolute Gasteiger partial charge is 0.469 e. The van der Waals surface area contributed by atoms with Gasteiger partial charge in [0.05, 0.1) is 13.0 Å². The molecule has 1 amide bonds. The van der Waals surface area contributed by atoms with E-state index in [-0.39, 0.29) is 23.2 Å². The first kappa shape index (κ1) is 16.5. The fourth-order valence-corrected chi connectivity index (χ4v) is 2.96. The highest BCUT2D eigenvalue weighted by Crippen LogP contribution is 2.29. The van der Waals surface area contributed by atoms with Crippen molar-refractivity contribution in [1.29, 1.82) is 0 Å². The van der Waals surface area contributed by atoms with Crippen LogP contribution in [-0.2, 0) is 19.7 Å². The van der Waals surface area contributed by atoms with Gasteiger partial charge in [-0.1, -0.05) is 44.2 Å². The molecule has 2 rings (SSSR count). The maximum atomic E-state index is 12.4. The summed E-state index contributed by atoms with van der Waals surface area (Å²) in [5.41, 5.74) is 1.22. The van der Waals surface area contributed by atoms with Crippen LogP contribution in [0.5, 0.6) is 0 Å². The second-order valence-corrected chi connectivity index (χ2v) is 6.60. The average molecular weight is 303 g/mol. The van der Waals surface area contributed by atoms with Crippen LogP contribution in [0.1, 0.15) is 38.7 Å². The number of methoxy groups -OCH3 is 1. The number of carbonyl (C=O) groups excluding carboxylic acids is 2. The molecule has 1 unspecified atom stereocenters. The van der Waals surface area contributed by atoms with Crippen LogP contribution >= 0.6 is 0 Å². The number of carbonyl (C=O) groups is 2. The van der Waals surface area contributed by atoms with Crippen LogP contribution in [0.15, 0.2) is 30.3 Å². The van der Waals surface area contributed by atoms with E-state index in [1.54, 1.807) is 4.90 Å². The van der Waals surface area contributed by atoms with Crippen LogP contribution in [-0.4, -0.2) is 37.0 Å². The molecule has 0 bridgehead atoms. The lowest BCUT2D eigenvalue weighted by atomic mass is 9.80. The zero-order valence-corrected chi connectivity index (χ0v) is 13.7. The Bertz CT molecular complexity index is 524. The number of hydrogen-bond donors (Lipinski definition) is 0. The third-order valence-corrected chi connectivity index (χ3v) is 4.59. The summed E-state index contributed by atoms with van der Waals surface area (Å²) in [6.07, 6.45) is 2.02. The molecule has 1 aliphatic heterocycles. The molecule has 1 aromatic carbocycles. The van der Waals surface area contributed by atoms with Crippen LogP contribution in [0.2, 0.25) is 0 Å². The van der Waals surface area contributed by atoms with E-state index in [0.717, 1.165) is 6.42 Å². The Kier molecular flexibility index (Phi) is 5.22. The Labute approximate surface area is 132 Å². The molecule has 0 N–H and O–H groups in total. The number of rotatable bonds is 5. The van der Waals surface area contributed by atoms with Crippen LogP contribution in [0.25, 0.3) is 0 Å². The average Bonchev–Trinajstić information content (AvgIpc) is 3.03. The van der Waals surface area contributed by atoms with E-state index < -0.39 is 0 Å². The number of nitrogens with zero attached hydrogens (tertiary/aromatic N) is 1. The predicted molar refractivity (Wildman–Crippen MR) is 85.4 cm³/mol. The maximum absolute atomic E-state index is 12.4. The number of amides is 1. The number of benzene rings is 1. The highest BCUT2D eigenvalue weighted by atomic mass is 16.5. The molecule has 120 valence electrons. The fourth-order valence-electron chi connectivity index (χ4n) is 2.96. The third-order valence-electron chi connectivity index (χ3n) is 4.59. The van der Waals surface area contributed by atoms with Crippen LogP contribution in [0, 0.1) is 5.92 Å². The van der Waals surface area contributed by atoms with Crippen LogP contribution < -0.4 is 0 Å². The van der Waals surface area contributed by atoms with Crippen molar-refractivity contribution >= 4 is 11.9 Å². The van der Waals surface area contributed by atoms with E-state index in [2.05, 4.69) is 26.0 Å². The summed E-state index contributed by atoms with van der Waals surface area (Å²) in [6.45, 7) is 5.48. The Morgan fingerprint density at radius 3 is 2.59 bits per heavy atom. The summed E-state index contributed by atoms with van der Waals surface area (Å²) >= 11 is 0. The van der Waals surface area contributed by atoms with E-state index in [1.807, 2.05) is 18.2 Å². The van der Waals surface area contributed by atoms with Gasteiger partial charge in [0.15, 0.2) is 0 Å². The fraction of sp³-hybridized carbons (Fsp3) is 0.556. The standard InChI is InChI=1S/C18H25NO3/c1-18(2,15-7-5-4-6-8-15)11-9-16(20)19-12-10-14(13-19)17(21)22-3/h4-8,14H,9-13H2,1-3H3. The highest BCUT2D eigenvalue weighted by Gasteiger charge is 2.32. The molecule has 0 aliphatic carbocycles. The number of esters is 1.